The smallest absolute Gasteiger partial charge is 0.162 e. The summed E-state index contributed by atoms with van der Waals surface area (Å²) in [5.74, 6) is 1.89. The van der Waals surface area contributed by atoms with E-state index >= 15 is 0 Å². The summed E-state index contributed by atoms with van der Waals surface area (Å²) in [5, 5.41) is 0. The van der Waals surface area contributed by atoms with E-state index in [-0.39, 0.29) is 5.60 Å². The summed E-state index contributed by atoms with van der Waals surface area (Å²) in [6.07, 6.45) is 9.35. The van der Waals surface area contributed by atoms with Crippen LogP contribution in [0, 0.1) is 0 Å². The van der Waals surface area contributed by atoms with Gasteiger partial charge < -0.3 is 10.5 Å². The van der Waals surface area contributed by atoms with E-state index in [1.165, 1.54) is 38.5 Å². The highest BCUT2D eigenvalue weighted by atomic mass is 79.9. The summed E-state index contributed by atoms with van der Waals surface area (Å²) in [6.45, 7) is 2.73. The van der Waals surface area contributed by atoms with E-state index in [0.717, 1.165) is 28.8 Å². The molecule has 0 aliphatic heterocycles. The van der Waals surface area contributed by atoms with Crippen molar-refractivity contribution in [2.24, 2.45) is 0 Å². The Morgan fingerprint density at radius 2 is 1.86 bits per heavy atom. The van der Waals surface area contributed by atoms with Gasteiger partial charge in [-0.15, -0.1) is 0 Å². The zero-order valence-corrected chi connectivity index (χ0v) is 14.3. The summed E-state index contributed by atoms with van der Waals surface area (Å²) < 4.78 is 6.98. The first-order valence-electron chi connectivity index (χ1n) is 8.13. The topological polar surface area (TPSA) is 61.0 Å². The minimum atomic E-state index is -0.309. The van der Waals surface area contributed by atoms with E-state index in [9.17, 15) is 0 Å². The van der Waals surface area contributed by atoms with E-state index in [4.69, 9.17) is 15.5 Å². The van der Waals surface area contributed by atoms with Crippen LogP contribution in [0.3, 0.4) is 0 Å². The standard InChI is InChI=1S/C16H24BrN3O/c1-2-21-16(9-5-6-10-16)15-19-13(11-7-3-4-8-11)12(17)14(18)20-15/h11H,2-10H2,1H3,(H2,18,19,20). The van der Waals surface area contributed by atoms with Crippen LogP contribution in [0.4, 0.5) is 5.82 Å². The lowest BCUT2D eigenvalue weighted by molar-refractivity contribution is -0.0458. The lowest BCUT2D eigenvalue weighted by Crippen LogP contribution is -2.30. The average molecular weight is 354 g/mol. The van der Waals surface area contributed by atoms with E-state index in [0.29, 0.717) is 18.3 Å². The Kier molecular flexibility index (Phi) is 4.50. The number of hydrogen-bond acceptors (Lipinski definition) is 4. The van der Waals surface area contributed by atoms with Gasteiger partial charge >= 0.3 is 0 Å². The van der Waals surface area contributed by atoms with Gasteiger partial charge in [-0.3, -0.25) is 0 Å². The first kappa shape index (κ1) is 15.2. The monoisotopic (exact) mass is 353 g/mol. The van der Waals surface area contributed by atoms with Crippen molar-refractivity contribution in [1.82, 2.24) is 9.97 Å². The minimum absolute atomic E-state index is 0.309. The number of aromatic nitrogens is 2. The fourth-order valence-corrected chi connectivity index (χ4v) is 4.31. The van der Waals surface area contributed by atoms with E-state index in [1.54, 1.807) is 0 Å². The molecular formula is C16H24BrN3O. The lowest BCUT2D eigenvalue weighted by Gasteiger charge is -2.28. The van der Waals surface area contributed by atoms with Crippen molar-refractivity contribution in [2.75, 3.05) is 12.3 Å². The molecule has 116 valence electrons. The van der Waals surface area contributed by atoms with Crippen LogP contribution in [0.1, 0.15) is 75.7 Å². The molecular weight excluding hydrogens is 330 g/mol. The molecule has 2 saturated carbocycles. The second kappa shape index (κ2) is 6.21. The molecule has 3 rings (SSSR count). The summed E-state index contributed by atoms with van der Waals surface area (Å²) >= 11 is 3.60. The first-order chi connectivity index (χ1) is 10.2. The zero-order valence-electron chi connectivity index (χ0n) is 12.7. The molecule has 1 aromatic heterocycles. The third kappa shape index (κ3) is 2.82. The van der Waals surface area contributed by atoms with Gasteiger partial charge in [-0.25, -0.2) is 9.97 Å². The van der Waals surface area contributed by atoms with E-state index in [2.05, 4.69) is 20.9 Å². The van der Waals surface area contributed by atoms with Gasteiger partial charge in [0.15, 0.2) is 5.82 Å². The number of halogens is 1. The van der Waals surface area contributed by atoms with Crippen molar-refractivity contribution in [1.29, 1.82) is 0 Å². The third-order valence-electron chi connectivity index (χ3n) is 4.88. The summed E-state index contributed by atoms with van der Waals surface area (Å²) in [4.78, 5) is 9.50. The van der Waals surface area contributed by atoms with Gasteiger partial charge in [0.2, 0.25) is 0 Å². The van der Waals surface area contributed by atoms with Crippen LogP contribution in [0.5, 0.6) is 0 Å². The number of rotatable bonds is 4. The molecule has 1 aromatic rings. The summed E-state index contributed by atoms with van der Waals surface area (Å²) in [7, 11) is 0. The van der Waals surface area contributed by atoms with Gasteiger partial charge in [-0.05, 0) is 61.4 Å². The van der Waals surface area contributed by atoms with Gasteiger partial charge in [-0.1, -0.05) is 12.8 Å². The van der Waals surface area contributed by atoms with Crippen LogP contribution < -0.4 is 5.73 Å². The summed E-state index contributed by atoms with van der Waals surface area (Å²) in [6, 6.07) is 0. The summed E-state index contributed by atoms with van der Waals surface area (Å²) in [5.41, 5.74) is 6.95. The normalized spacial score (nSPS) is 22.0. The number of nitrogens with zero attached hydrogens (tertiary/aromatic N) is 2. The van der Waals surface area contributed by atoms with Gasteiger partial charge in [-0.2, -0.15) is 0 Å². The number of hydrogen-bond donors (Lipinski definition) is 1. The second-order valence-corrected chi connectivity index (χ2v) is 7.04. The Balaban J connectivity index is 2.02. The molecule has 0 radical (unpaired) electrons. The molecule has 2 N–H and O–H groups in total. The van der Waals surface area contributed by atoms with Crippen LogP contribution in [-0.2, 0) is 10.3 Å². The number of anilines is 1. The maximum Gasteiger partial charge on any atom is 0.162 e. The Bertz CT molecular complexity index is 508. The number of ether oxygens (including phenoxy) is 1. The predicted molar refractivity (Wildman–Crippen MR) is 87.1 cm³/mol. The Morgan fingerprint density at radius 1 is 1.19 bits per heavy atom. The highest BCUT2D eigenvalue weighted by molar-refractivity contribution is 9.10. The van der Waals surface area contributed by atoms with Crippen molar-refractivity contribution < 1.29 is 4.74 Å². The Hall–Kier alpha value is -0.680. The van der Waals surface area contributed by atoms with Crippen LogP contribution in [0.25, 0.3) is 0 Å². The van der Waals surface area contributed by atoms with Crippen molar-refractivity contribution in [2.45, 2.75) is 69.8 Å². The number of nitrogens with two attached hydrogens (primary N) is 1. The van der Waals surface area contributed by atoms with Crippen molar-refractivity contribution in [3.8, 4) is 0 Å². The van der Waals surface area contributed by atoms with Gasteiger partial charge in [0.25, 0.3) is 0 Å². The molecule has 4 nitrogen and oxygen atoms in total. The molecule has 2 aliphatic carbocycles. The van der Waals surface area contributed by atoms with Crippen LogP contribution in [0.2, 0.25) is 0 Å². The fourth-order valence-electron chi connectivity index (χ4n) is 3.81. The number of nitrogen functional groups attached to an aromatic ring is 1. The molecule has 2 fully saturated rings. The van der Waals surface area contributed by atoms with Crippen LogP contribution >= 0.6 is 15.9 Å². The molecule has 0 atom stereocenters. The van der Waals surface area contributed by atoms with Crippen molar-refractivity contribution >= 4 is 21.7 Å². The van der Waals surface area contributed by atoms with Crippen LogP contribution in [-0.4, -0.2) is 16.6 Å². The highest BCUT2D eigenvalue weighted by Gasteiger charge is 2.40. The van der Waals surface area contributed by atoms with Crippen LogP contribution in [0.15, 0.2) is 4.47 Å². The van der Waals surface area contributed by atoms with Gasteiger partial charge in [0, 0.05) is 12.5 Å². The second-order valence-electron chi connectivity index (χ2n) is 6.25. The molecule has 2 aliphatic rings. The maximum absolute atomic E-state index is 6.16. The largest absolute Gasteiger partial charge is 0.383 e. The van der Waals surface area contributed by atoms with Crippen molar-refractivity contribution in [3.63, 3.8) is 0 Å². The molecule has 5 heteroatoms. The lowest BCUT2D eigenvalue weighted by atomic mass is 9.99. The molecule has 0 saturated heterocycles. The van der Waals surface area contributed by atoms with Gasteiger partial charge in [0.1, 0.15) is 11.4 Å². The predicted octanol–water partition coefficient (Wildman–Crippen LogP) is 4.28. The van der Waals surface area contributed by atoms with Crippen molar-refractivity contribution in [3.05, 3.63) is 16.0 Å². The molecule has 21 heavy (non-hydrogen) atoms. The molecule has 1 heterocycles. The average Bonchev–Trinajstić information content (AvgIpc) is 3.13. The zero-order chi connectivity index (χ0) is 14.9. The quantitative estimate of drug-likeness (QED) is 0.876. The Morgan fingerprint density at radius 3 is 2.48 bits per heavy atom. The minimum Gasteiger partial charge on any atom is -0.383 e. The highest BCUT2D eigenvalue weighted by Crippen LogP contribution is 2.44. The Labute approximate surface area is 135 Å². The molecule has 0 spiro atoms. The van der Waals surface area contributed by atoms with E-state index < -0.39 is 0 Å². The first-order valence-corrected chi connectivity index (χ1v) is 8.93. The fraction of sp³-hybridized carbons (Fsp3) is 0.750. The molecule has 0 amide bonds. The molecule has 0 unspecified atom stereocenters. The SMILES string of the molecule is CCOC1(c2nc(N)c(Br)c(C3CCCC3)n2)CCCC1. The molecule has 0 aromatic carbocycles. The molecule has 0 bridgehead atoms. The maximum atomic E-state index is 6.16. The van der Waals surface area contributed by atoms with Gasteiger partial charge in [0.05, 0.1) is 10.2 Å². The third-order valence-corrected chi connectivity index (χ3v) is 5.70. The van der Waals surface area contributed by atoms with E-state index in [1.807, 2.05) is 6.92 Å².